The van der Waals surface area contributed by atoms with Gasteiger partial charge in [0.2, 0.25) is 6.10 Å². The summed E-state index contributed by atoms with van der Waals surface area (Å²) in [5, 5.41) is 15.7. The maximum Gasteiger partial charge on any atom is 0.315 e. The zero-order valence-electron chi connectivity index (χ0n) is 14.1. The Morgan fingerprint density at radius 3 is 2.92 bits per heavy atom. The van der Waals surface area contributed by atoms with Crippen LogP contribution in [0.5, 0.6) is 11.5 Å². The molecule has 0 fully saturated rings. The minimum absolute atomic E-state index is 0.335. The zero-order valence-corrected chi connectivity index (χ0v) is 14.1. The number of nitrogens with zero attached hydrogens (tertiary/aromatic N) is 4. The summed E-state index contributed by atoms with van der Waals surface area (Å²) in [7, 11) is 1.91. The lowest BCUT2D eigenvalue weighted by molar-refractivity contribution is 0.0717. The van der Waals surface area contributed by atoms with Crippen molar-refractivity contribution in [2.24, 2.45) is 7.05 Å². The van der Waals surface area contributed by atoms with Crippen LogP contribution in [0.2, 0.25) is 0 Å². The van der Waals surface area contributed by atoms with Crippen LogP contribution in [0.4, 0.5) is 6.01 Å². The average Bonchev–Trinajstić information content (AvgIpc) is 3.25. The Kier molecular flexibility index (Phi) is 4.01. The molecule has 4 rings (SSSR count). The normalized spacial score (nSPS) is 16.0. The second-order valence-electron chi connectivity index (χ2n) is 5.79. The van der Waals surface area contributed by atoms with Crippen LogP contribution >= 0.6 is 0 Å². The van der Waals surface area contributed by atoms with Gasteiger partial charge < -0.3 is 19.2 Å². The Morgan fingerprint density at radius 1 is 1.24 bits per heavy atom. The zero-order chi connectivity index (χ0) is 17.2. The molecule has 1 aromatic carbocycles. The van der Waals surface area contributed by atoms with Crippen LogP contribution in [0.15, 0.2) is 34.9 Å². The van der Waals surface area contributed by atoms with Gasteiger partial charge in [-0.2, -0.15) is 5.10 Å². The van der Waals surface area contributed by atoms with Crippen LogP contribution in [0.25, 0.3) is 0 Å². The lowest BCUT2D eigenvalue weighted by atomic mass is 10.2. The maximum atomic E-state index is 5.87. The molecule has 1 N–H and O–H groups in total. The largest absolute Gasteiger partial charge is 0.485 e. The van der Waals surface area contributed by atoms with E-state index in [9.17, 15) is 0 Å². The van der Waals surface area contributed by atoms with Crippen molar-refractivity contribution in [3.8, 4) is 11.5 Å². The minimum Gasteiger partial charge on any atom is -0.485 e. The molecular weight excluding hydrogens is 322 g/mol. The van der Waals surface area contributed by atoms with Gasteiger partial charge in [0, 0.05) is 25.4 Å². The van der Waals surface area contributed by atoms with E-state index in [2.05, 4.69) is 27.5 Å². The molecule has 0 aliphatic carbocycles. The number of rotatable bonds is 5. The Bertz CT molecular complexity index is 873. The number of aromatic nitrogens is 4. The molecule has 3 aromatic rings. The number of hydrogen-bond donors (Lipinski definition) is 1. The standard InChI is InChI=1S/C17H19N5O3/c1-3-12-11(9-22(2)21-12)8-18-17-20-19-16(25-17)15-10-23-13-6-4-5-7-14(13)24-15/h4-7,9,15H,3,8,10H2,1-2H3,(H,18,20). The molecule has 1 aliphatic rings. The molecule has 0 saturated heterocycles. The van der Waals surface area contributed by atoms with Crippen LogP contribution in [-0.2, 0) is 20.0 Å². The lowest BCUT2D eigenvalue weighted by Gasteiger charge is -2.23. The summed E-state index contributed by atoms with van der Waals surface area (Å²) in [5.74, 6) is 1.79. The molecule has 2 aromatic heterocycles. The SMILES string of the molecule is CCc1nn(C)cc1CNc1nnc(C2COc3ccccc3O2)o1. The lowest BCUT2D eigenvalue weighted by Crippen LogP contribution is -2.21. The summed E-state index contributed by atoms with van der Waals surface area (Å²) in [6.45, 7) is 2.99. The van der Waals surface area contributed by atoms with Crippen molar-refractivity contribution in [3.05, 3.63) is 47.6 Å². The quantitative estimate of drug-likeness (QED) is 0.763. The Hall–Kier alpha value is -3.03. The third-order valence-corrected chi connectivity index (χ3v) is 3.98. The molecule has 25 heavy (non-hydrogen) atoms. The van der Waals surface area contributed by atoms with Crippen LogP contribution in [-0.4, -0.2) is 26.6 Å². The van der Waals surface area contributed by atoms with Crippen LogP contribution in [0.1, 0.15) is 30.2 Å². The van der Waals surface area contributed by atoms with Gasteiger partial charge >= 0.3 is 6.01 Å². The van der Waals surface area contributed by atoms with Gasteiger partial charge in [0.1, 0.15) is 6.61 Å². The topological polar surface area (TPSA) is 87.2 Å². The van der Waals surface area contributed by atoms with Gasteiger partial charge in [-0.25, -0.2) is 0 Å². The number of aryl methyl sites for hydroxylation is 2. The number of nitrogens with one attached hydrogen (secondary N) is 1. The van der Waals surface area contributed by atoms with E-state index in [1.165, 1.54) is 0 Å². The first kappa shape index (κ1) is 15.5. The molecule has 0 bridgehead atoms. The van der Waals surface area contributed by atoms with Crippen molar-refractivity contribution in [1.29, 1.82) is 0 Å². The second kappa shape index (κ2) is 6.46. The second-order valence-corrected chi connectivity index (χ2v) is 5.79. The predicted molar refractivity (Wildman–Crippen MR) is 89.5 cm³/mol. The van der Waals surface area contributed by atoms with Gasteiger partial charge in [-0.3, -0.25) is 4.68 Å². The van der Waals surface area contributed by atoms with E-state index in [0.29, 0.717) is 30.8 Å². The van der Waals surface area contributed by atoms with Gasteiger partial charge in [-0.15, -0.1) is 5.10 Å². The van der Waals surface area contributed by atoms with Gasteiger partial charge in [0.25, 0.3) is 5.89 Å². The first-order valence-electron chi connectivity index (χ1n) is 8.20. The first-order valence-corrected chi connectivity index (χ1v) is 8.20. The predicted octanol–water partition coefficient (Wildman–Crippen LogP) is 2.49. The van der Waals surface area contributed by atoms with Gasteiger partial charge in [-0.05, 0) is 18.6 Å². The Balaban J connectivity index is 1.42. The Labute approximate surface area is 144 Å². The molecule has 1 aliphatic heterocycles. The number of anilines is 1. The van der Waals surface area contributed by atoms with Gasteiger partial charge in [-0.1, -0.05) is 24.2 Å². The number of para-hydroxylation sites is 2. The van der Waals surface area contributed by atoms with Crippen LogP contribution in [0, 0.1) is 0 Å². The fraction of sp³-hybridized carbons (Fsp3) is 0.353. The number of hydrogen-bond acceptors (Lipinski definition) is 7. The molecule has 1 atom stereocenters. The summed E-state index contributed by atoms with van der Waals surface area (Å²) in [4.78, 5) is 0. The molecular formula is C17H19N5O3. The van der Waals surface area contributed by atoms with E-state index < -0.39 is 6.10 Å². The van der Waals surface area contributed by atoms with Crippen molar-refractivity contribution in [2.75, 3.05) is 11.9 Å². The molecule has 0 radical (unpaired) electrons. The maximum absolute atomic E-state index is 5.87. The monoisotopic (exact) mass is 341 g/mol. The molecule has 0 amide bonds. The van der Waals surface area contributed by atoms with Crippen molar-refractivity contribution in [1.82, 2.24) is 20.0 Å². The summed E-state index contributed by atoms with van der Waals surface area (Å²) < 4.78 is 19.0. The molecule has 8 heteroatoms. The summed E-state index contributed by atoms with van der Waals surface area (Å²) in [5.41, 5.74) is 2.16. The van der Waals surface area contributed by atoms with Crippen molar-refractivity contribution < 1.29 is 13.9 Å². The van der Waals surface area contributed by atoms with Gasteiger partial charge in [0.05, 0.1) is 5.69 Å². The van der Waals surface area contributed by atoms with E-state index in [0.717, 1.165) is 23.4 Å². The smallest absolute Gasteiger partial charge is 0.315 e. The highest BCUT2D eigenvalue weighted by Crippen LogP contribution is 2.35. The summed E-state index contributed by atoms with van der Waals surface area (Å²) >= 11 is 0. The Morgan fingerprint density at radius 2 is 2.08 bits per heavy atom. The van der Waals surface area contributed by atoms with E-state index >= 15 is 0 Å². The van der Waals surface area contributed by atoms with Crippen LogP contribution < -0.4 is 14.8 Å². The third kappa shape index (κ3) is 3.15. The third-order valence-electron chi connectivity index (χ3n) is 3.98. The number of benzene rings is 1. The molecule has 130 valence electrons. The highest BCUT2D eigenvalue weighted by molar-refractivity contribution is 5.41. The van der Waals surface area contributed by atoms with Crippen molar-refractivity contribution in [2.45, 2.75) is 26.0 Å². The summed E-state index contributed by atoms with van der Waals surface area (Å²) in [6, 6.07) is 7.87. The van der Waals surface area contributed by atoms with Crippen molar-refractivity contribution >= 4 is 6.01 Å². The minimum atomic E-state index is -0.414. The van der Waals surface area contributed by atoms with E-state index in [1.54, 1.807) is 4.68 Å². The first-order chi connectivity index (χ1) is 12.2. The fourth-order valence-corrected chi connectivity index (χ4v) is 2.78. The van der Waals surface area contributed by atoms with Crippen LogP contribution in [0.3, 0.4) is 0 Å². The number of fused-ring (bicyclic) bond motifs is 1. The van der Waals surface area contributed by atoms with Crippen molar-refractivity contribution in [3.63, 3.8) is 0 Å². The highest BCUT2D eigenvalue weighted by atomic mass is 16.6. The summed E-state index contributed by atoms with van der Waals surface area (Å²) in [6.07, 6.45) is 2.44. The van der Waals surface area contributed by atoms with E-state index in [-0.39, 0.29) is 0 Å². The van der Waals surface area contributed by atoms with E-state index in [1.807, 2.05) is 37.5 Å². The molecule has 0 saturated carbocycles. The molecule has 3 heterocycles. The molecule has 0 spiro atoms. The number of ether oxygens (including phenoxy) is 2. The molecule has 1 unspecified atom stereocenters. The fourth-order valence-electron chi connectivity index (χ4n) is 2.78. The van der Waals surface area contributed by atoms with E-state index in [4.69, 9.17) is 13.9 Å². The molecule has 8 nitrogen and oxygen atoms in total. The average molecular weight is 341 g/mol. The van der Waals surface area contributed by atoms with Gasteiger partial charge in [0.15, 0.2) is 11.5 Å². The highest BCUT2D eigenvalue weighted by Gasteiger charge is 2.27.